The highest BCUT2D eigenvalue weighted by Crippen LogP contribution is 2.23. The van der Waals surface area contributed by atoms with E-state index in [9.17, 15) is 0 Å². The first-order chi connectivity index (χ1) is 7.17. The van der Waals surface area contributed by atoms with E-state index in [1.165, 1.54) is 5.56 Å². The standard InChI is InChI=1S/C12H18BrNO/c1-3-10(8-15)7-14-12-5-4-9(2)6-11(12)13/h4-6,10,14-15H,3,7-8H2,1-2H3. The second-order valence-electron chi connectivity index (χ2n) is 3.82. The number of benzene rings is 1. The molecule has 2 N–H and O–H groups in total. The zero-order valence-electron chi connectivity index (χ0n) is 9.26. The third-order valence-corrected chi connectivity index (χ3v) is 3.20. The number of aliphatic hydroxyl groups excluding tert-OH is 1. The third kappa shape index (κ3) is 3.84. The van der Waals surface area contributed by atoms with Gasteiger partial charge in [-0.15, -0.1) is 0 Å². The minimum Gasteiger partial charge on any atom is -0.396 e. The molecule has 0 saturated heterocycles. The number of nitrogens with one attached hydrogen (secondary N) is 1. The van der Waals surface area contributed by atoms with Crippen molar-refractivity contribution >= 4 is 21.6 Å². The van der Waals surface area contributed by atoms with Crippen molar-refractivity contribution in [3.63, 3.8) is 0 Å². The van der Waals surface area contributed by atoms with Gasteiger partial charge in [0.1, 0.15) is 0 Å². The minimum absolute atomic E-state index is 0.243. The monoisotopic (exact) mass is 271 g/mol. The van der Waals surface area contributed by atoms with Crippen LogP contribution in [0.4, 0.5) is 5.69 Å². The highest BCUT2D eigenvalue weighted by atomic mass is 79.9. The number of aliphatic hydroxyl groups is 1. The maximum Gasteiger partial charge on any atom is 0.0484 e. The van der Waals surface area contributed by atoms with Crippen molar-refractivity contribution in [1.29, 1.82) is 0 Å². The van der Waals surface area contributed by atoms with Gasteiger partial charge in [0, 0.05) is 23.3 Å². The van der Waals surface area contributed by atoms with Gasteiger partial charge in [-0.3, -0.25) is 0 Å². The van der Waals surface area contributed by atoms with Crippen LogP contribution in [-0.2, 0) is 0 Å². The molecule has 1 unspecified atom stereocenters. The van der Waals surface area contributed by atoms with Gasteiger partial charge in [0.15, 0.2) is 0 Å². The lowest BCUT2D eigenvalue weighted by molar-refractivity contribution is 0.230. The fourth-order valence-electron chi connectivity index (χ4n) is 1.36. The van der Waals surface area contributed by atoms with E-state index < -0.39 is 0 Å². The summed E-state index contributed by atoms with van der Waals surface area (Å²) in [6, 6.07) is 6.22. The average Bonchev–Trinajstić information content (AvgIpc) is 2.22. The molecular formula is C12H18BrNO. The molecule has 0 heterocycles. The molecule has 0 aliphatic heterocycles. The van der Waals surface area contributed by atoms with Crippen molar-refractivity contribution in [1.82, 2.24) is 0 Å². The Morgan fingerprint density at radius 3 is 2.73 bits per heavy atom. The molecule has 1 rings (SSSR count). The van der Waals surface area contributed by atoms with Gasteiger partial charge in [-0.05, 0) is 52.9 Å². The van der Waals surface area contributed by atoms with Gasteiger partial charge in [-0.2, -0.15) is 0 Å². The summed E-state index contributed by atoms with van der Waals surface area (Å²) in [6.45, 7) is 5.21. The van der Waals surface area contributed by atoms with Crippen molar-refractivity contribution in [2.45, 2.75) is 20.3 Å². The molecule has 84 valence electrons. The average molecular weight is 272 g/mol. The van der Waals surface area contributed by atoms with Crippen LogP contribution in [0.3, 0.4) is 0 Å². The first kappa shape index (κ1) is 12.5. The molecule has 0 bridgehead atoms. The number of hydrogen-bond donors (Lipinski definition) is 2. The van der Waals surface area contributed by atoms with Gasteiger partial charge in [0.2, 0.25) is 0 Å². The minimum atomic E-state index is 0.243. The van der Waals surface area contributed by atoms with Crippen molar-refractivity contribution < 1.29 is 5.11 Å². The van der Waals surface area contributed by atoms with E-state index in [2.05, 4.69) is 53.3 Å². The van der Waals surface area contributed by atoms with E-state index in [1.807, 2.05) is 0 Å². The van der Waals surface area contributed by atoms with Gasteiger partial charge in [-0.25, -0.2) is 0 Å². The Hall–Kier alpha value is -0.540. The molecule has 0 fully saturated rings. The van der Waals surface area contributed by atoms with Gasteiger partial charge < -0.3 is 10.4 Å². The first-order valence-electron chi connectivity index (χ1n) is 5.28. The first-order valence-corrected chi connectivity index (χ1v) is 6.07. The lowest BCUT2D eigenvalue weighted by Gasteiger charge is -2.14. The number of rotatable bonds is 5. The summed E-state index contributed by atoms with van der Waals surface area (Å²) >= 11 is 3.52. The second-order valence-corrected chi connectivity index (χ2v) is 4.68. The molecule has 0 aliphatic carbocycles. The third-order valence-electron chi connectivity index (χ3n) is 2.54. The molecule has 0 spiro atoms. The molecule has 0 aromatic heterocycles. The molecule has 1 atom stereocenters. The van der Waals surface area contributed by atoms with Crippen molar-refractivity contribution in [3.05, 3.63) is 28.2 Å². The van der Waals surface area contributed by atoms with E-state index in [0.29, 0.717) is 5.92 Å². The molecular weight excluding hydrogens is 254 g/mol. The van der Waals surface area contributed by atoms with Crippen molar-refractivity contribution in [2.24, 2.45) is 5.92 Å². The Morgan fingerprint density at radius 2 is 2.20 bits per heavy atom. The summed E-state index contributed by atoms with van der Waals surface area (Å²) in [5.74, 6) is 0.332. The summed E-state index contributed by atoms with van der Waals surface area (Å²) in [5, 5.41) is 12.4. The zero-order chi connectivity index (χ0) is 11.3. The predicted octanol–water partition coefficient (Wildman–Crippen LogP) is 3.19. The molecule has 0 amide bonds. The Labute approximate surface area is 99.8 Å². The number of aryl methyl sites for hydroxylation is 1. The highest BCUT2D eigenvalue weighted by molar-refractivity contribution is 9.10. The van der Waals surface area contributed by atoms with E-state index in [1.54, 1.807) is 0 Å². The molecule has 0 saturated carbocycles. The number of anilines is 1. The molecule has 0 aliphatic rings. The number of halogens is 1. The van der Waals surface area contributed by atoms with E-state index >= 15 is 0 Å². The van der Waals surface area contributed by atoms with E-state index in [-0.39, 0.29) is 6.61 Å². The molecule has 3 heteroatoms. The Morgan fingerprint density at radius 1 is 1.47 bits per heavy atom. The molecule has 1 aromatic rings. The van der Waals surface area contributed by atoms with Gasteiger partial charge >= 0.3 is 0 Å². The van der Waals surface area contributed by atoms with Crippen LogP contribution in [0.2, 0.25) is 0 Å². The lowest BCUT2D eigenvalue weighted by atomic mass is 10.1. The topological polar surface area (TPSA) is 32.3 Å². The van der Waals surface area contributed by atoms with Crippen molar-refractivity contribution in [3.8, 4) is 0 Å². The summed E-state index contributed by atoms with van der Waals surface area (Å²) < 4.78 is 1.08. The van der Waals surface area contributed by atoms with Crippen LogP contribution in [0.25, 0.3) is 0 Å². The second kappa shape index (κ2) is 6.13. The molecule has 15 heavy (non-hydrogen) atoms. The van der Waals surface area contributed by atoms with Gasteiger partial charge in [0.25, 0.3) is 0 Å². The summed E-state index contributed by atoms with van der Waals surface area (Å²) in [7, 11) is 0. The Bertz CT molecular complexity index is 310. The van der Waals surface area contributed by atoms with Crippen LogP contribution in [0.5, 0.6) is 0 Å². The van der Waals surface area contributed by atoms with Crippen molar-refractivity contribution in [2.75, 3.05) is 18.5 Å². The maximum absolute atomic E-state index is 9.07. The maximum atomic E-state index is 9.07. The molecule has 1 aromatic carbocycles. The smallest absolute Gasteiger partial charge is 0.0484 e. The fourth-order valence-corrected chi connectivity index (χ4v) is 1.99. The van der Waals surface area contributed by atoms with Crippen LogP contribution in [0.1, 0.15) is 18.9 Å². The quantitative estimate of drug-likeness (QED) is 0.862. The largest absolute Gasteiger partial charge is 0.396 e. The summed E-state index contributed by atoms with van der Waals surface area (Å²) in [6.07, 6.45) is 0.993. The van der Waals surface area contributed by atoms with E-state index in [0.717, 1.165) is 23.1 Å². The van der Waals surface area contributed by atoms with E-state index in [4.69, 9.17) is 5.11 Å². The van der Waals surface area contributed by atoms with Crippen LogP contribution in [-0.4, -0.2) is 18.3 Å². The fraction of sp³-hybridized carbons (Fsp3) is 0.500. The Balaban J connectivity index is 2.57. The predicted molar refractivity (Wildman–Crippen MR) is 68.2 cm³/mol. The van der Waals surface area contributed by atoms with Gasteiger partial charge in [-0.1, -0.05) is 13.0 Å². The van der Waals surface area contributed by atoms with Crippen LogP contribution in [0, 0.1) is 12.8 Å². The highest BCUT2D eigenvalue weighted by Gasteiger charge is 2.05. The molecule has 0 radical (unpaired) electrons. The molecule has 2 nitrogen and oxygen atoms in total. The van der Waals surface area contributed by atoms with Crippen LogP contribution < -0.4 is 5.32 Å². The number of hydrogen-bond acceptors (Lipinski definition) is 2. The van der Waals surface area contributed by atoms with Gasteiger partial charge in [0.05, 0.1) is 0 Å². The summed E-state index contributed by atoms with van der Waals surface area (Å²) in [5.41, 5.74) is 2.33. The summed E-state index contributed by atoms with van der Waals surface area (Å²) in [4.78, 5) is 0. The SMILES string of the molecule is CCC(CO)CNc1ccc(C)cc1Br. The normalized spacial score (nSPS) is 12.5. The van der Waals surface area contributed by atoms with Crippen LogP contribution in [0.15, 0.2) is 22.7 Å². The van der Waals surface area contributed by atoms with Crippen LogP contribution >= 0.6 is 15.9 Å². The Kier molecular flexibility index (Phi) is 5.12. The zero-order valence-corrected chi connectivity index (χ0v) is 10.8. The lowest BCUT2D eigenvalue weighted by Crippen LogP contribution is -2.17.